The molecular weight excluding hydrogens is 392 g/mol. The molecule has 0 amide bonds. The molecule has 3 aliphatic rings. The van der Waals surface area contributed by atoms with Crippen LogP contribution in [0.15, 0.2) is 35.4 Å². The number of rotatable bonds is 4. The van der Waals surface area contributed by atoms with E-state index in [9.17, 15) is 8.78 Å². The summed E-state index contributed by atoms with van der Waals surface area (Å²) in [5, 5.41) is 0. The van der Waals surface area contributed by atoms with Gasteiger partial charge in [-0.05, 0) is 48.6 Å². The Kier molecular flexibility index (Phi) is 8.50. The van der Waals surface area contributed by atoms with Gasteiger partial charge >= 0.3 is 0 Å². The summed E-state index contributed by atoms with van der Waals surface area (Å²) in [6.45, 7) is 10.8. The smallest absolute Gasteiger partial charge is 0.123 e. The Balaban J connectivity index is 0.000000252. The Morgan fingerprint density at radius 1 is 1.07 bits per heavy atom. The van der Waals surface area contributed by atoms with E-state index in [1.807, 2.05) is 11.9 Å². The summed E-state index contributed by atoms with van der Waals surface area (Å²) >= 11 is 2.03. The van der Waals surface area contributed by atoms with E-state index in [1.165, 1.54) is 18.7 Å². The fourth-order valence-corrected chi connectivity index (χ4v) is 4.86. The normalized spacial score (nSPS) is 25.7. The Labute approximate surface area is 177 Å². The average molecular weight is 426 g/mol. The molecule has 162 valence electrons. The SMILES string of the molecule is CC(C)CSN1CCC2=C(C1)CN(C1COCC(N)C1)C2.Fc1ccc(F)cc1. The molecule has 2 N–H and O–H groups in total. The van der Waals surface area contributed by atoms with Gasteiger partial charge < -0.3 is 10.5 Å². The van der Waals surface area contributed by atoms with Gasteiger partial charge in [-0.3, -0.25) is 4.90 Å². The highest BCUT2D eigenvalue weighted by Crippen LogP contribution is 2.31. The van der Waals surface area contributed by atoms with Gasteiger partial charge in [-0.25, -0.2) is 13.1 Å². The molecule has 1 fully saturated rings. The molecule has 3 heterocycles. The first-order valence-electron chi connectivity index (χ1n) is 10.5. The molecule has 0 aromatic heterocycles. The predicted octanol–water partition coefficient (Wildman–Crippen LogP) is 3.69. The van der Waals surface area contributed by atoms with Crippen molar-refractivity contribution >= 4 is 11.9 Å². The van der Waals surface area contributed by atoms with Crippen molar-refractivity contribution in [2.45, 2.75) is 38.8 Å². The standard InChI is InChI=1S/C16H29N3OS.C6H4F2/c1-12(2)11-21-19-4-3-13-6-18(7-14(13)8-19)16-5-15(17)9-20-10-16;7-5-1-2-6(8)4-3-5/h12,15-16H,3-11,17H2,1-2H3;1-4H. The number of hydrogen-bond donors (Lipinski definition) is 1. The van der Waals surface area contributed by atoms with Crippen LogP contribution in [-0.2, 0) is 4.74 Å². The predicted molar refractivity (Wildman–Crippen MR) is 116 cm³/mol. The maximum absolute atomic E-state index is 11.9. The van der Waals surface area contributed by atoms with Crippen LogP contribution in [0.4, 0.5) is 8.78 Å². The van der Waals surface area contributed by atoms with Gasteiger partial charge in [0, 0.05) is 44.0 Å². The summed E-state index contributed by atoms with van der Waals surface area (Å²) in [5.74, 6) is 1.18. The van der Waals surface area contributed by atoms with Crippen molar-refractivity contribution in [1.82, 2.24) is 9.21 Å². The maximum Gasteiger partial charge on any atom is 0.123 e. The number of hydrogen-bond acceptors (Lipinski definition) is 5. The second-order valence-corrected chi connectivity index (χ2v) is 9.65. The summed E-state index contributed by atoms with van der Waals surface area (Å²) in [7, 11) is 0. The third-order valence-electron chi connectivity index (χ3n) is 5.45. The Morgan fingerprint density at radius 3 is 2.34 bits per heavy atom. The molecule has 3 aliphatic heterocycles. The van der Waals surface area contributed by atoms with Crippen LogP contribution in [0.2, 0.25) is 0 Å². The highest BCUT2D eigenvalue weighted by molar-refractivity contribution is 7.97. The van der Waals surface area contributed by atoms with Gasteiger partial charge in [-0.15, -0.1) is 0 Å². The average Bonchev–Trinajstić information content (AvgIpc) is 3.13. The minimum absolute atomic E-state index is 0.222. The van der Waals surface area contributed by atoms with E-state index in [0.717, 1.165) is 69.5 Å². The molecule has 2 atom stereocenters. The van der Waals surface area contributed by atoms with Gasteiger partial charge in [0.15, 0.2) is 0 Å². The van der Waals surface area contributed by atoms with Gasteiger partial charge in [0.2, 0.25) is 0 Å². The maximum atomic E-state index is 11.9. The van der Waals surface area contributed by atoms with Gasteiger partial charge in [0.1, 0.15) is 11.6 Å². The molecule has 1 aromatic carbocycles. The summed E-state index contributed by atoms with van der Waals surface area (Å²) in [6, 6.07) is 5.06. The highest BCUT2D eigenvalue weighted by Gasteiger charge is 2.33. The molecule has 29 heavy (non-hydrogen) atoms. The van der Waals surface area contributed by atoms with E-state index in [1.54, 1.807) is 11.1 Å². The van der Waals surface area contributed by atoms with Crippen LogP contribution < -0.4 is 5.73 Å². The molecule has 7 heteroatoms. The van der Waals surface area contributed by atoms with Gasteiger partial charge in [-0.2, -0.15) is 0 Å². The van der Waals surface area contributed by atoms with Crippen LogP contribution in [0.25, 0.3) is 0 Å². The fourth-order valence-electron chi connectivity index (χ4n) is 3.89. The first-order chi connectivity index (χ1) is 13.9. The number of benzene rings is 1. The largest absolute Gasteiger partial charge is 0.378 e. The van der Waals surface area contributed by atoms with Crippen molar-refractivity contribution < 1.29 is 13.5 Å². The van der Waals surface area contributed by atoms with E-state index in [0.29, 0.717) is 6.04 Å². The Bertz CT molecular complexity index is 662. The first kappa shape index (κ1) is 22.7. The topological polar surface area (TPSA) is 41.7 Å². The van der Waals surface area contributed by atoms with E-state index < -0.39 is 11.6 Å². The van der Waals surface area contributed by atoms with E-state index in [2.05, 4.69) is 23.1 Å². The van der Waals surface area contributed by atoms with Crippen LogP contribution >= 0.6 is 11.9 Å². The van der Waals surface area contributed by atoms with Crippen molar-refractivity contribution in [3.8, 4) is 0 Å². The molecule has 4 nitrogen and oxygen atoms in total. The zero-order valence-corrected chi connectivity index (χ0v) is 18.3. The molecule has 2 unspecified atom stereocenters. The summed E-state index contributed by atoms with van der Waals surface area (Å²) < 4.78 is 32.0. The first-order valence-corrected chi connectivity index (χ1v) is 11.4. The zero-order valence-electron chi connectivity index (χ0n) is 17.4. The second-order valence-electron chi connectivity index (χ2n) is 8.54. The lowest BCUT2D eigenvalue weighted by molar-refractivity contribution is 0.0162. The van der Waals surface area contributed by atoms with E-state index >= 15 is 0 Å². The Morgan fingerprint density at radius 2 is 1.72 bits per heavy atom. The Hall–Kier alpha value is -0.990. The van der Waals surface area contributed by atoms with Gasteiger partial charge in [0.05, 0.1) is 13.2 Å². The quantitative estimate of drug-likeness (QED) is 0.589. The third kappa shape index (κ3) is 7.03. The molecular formula is C22H33F2N3OS. The lowest BCUT2D eigenvalue weighted by Gasteiger charge is -2.34. The molecule has 1 saturated heterocycles. The van der Waals surface area contributed by atoms with Crippen molar-refractivity contribution in [3.05, 3.63) is 47.0 Å². The van der Waals surface area contributed by atoms with Crippen molar-refractivity contribution in [2.75, 3.05) is 45.1 Å². The second kappa shape index (κ2) is 10.9. The number of nitrogens with zero attached hydrogens (tertiary/aromatic N) is 2. The molecule has 0 aliphatic carbocycles. The van der Waals surface area contributed by atoms with Crippen LogP contribution in [0.3, 0.4) is 0 Å². The molecule has 0 saturated carbocycles. The van der Waals surface area contributed by atoms with Crippen LogP contribution in [0.5, 0.6) is 0 Å². The molecule has 4 rings (SSSR count). The molecule has 0 radical (unpaired) electrons. The van der Waals surface area contributed by atoms with Crippen LogP contribution in [-0.4, -0.2) is 66.4 Å². The van der Waals surface area contributed by atoms with E-state index in [4.69, 9.17) is 10.5 Å². The minimum atomic E-state index is -0.411. The van der Waals surface area contributed by atoms with Crippen LogP contribution in [0.1, 0.15) is 26.7 Å². The van der Waals surface area contributed by atoms with Gasteiger partial charge in [-0.1, -0.05) is 31.4 Å². The number of nitrogens with two attached hydrogens (primary N) is 1. The number of ether oxygens (including phenoxy) is 1. The lowest BCUT2D eigenvalue weighted by Crippen LogP contribution is -2.47. The summed E-state index contributed by atoms with van der Waals surface area (Å²) in [5.41, 5.74) is 9.41. The van der Waals surface area contributed by atoms with Crippen LogP contribution in [0, 0.1) is 17.6 Å². The molecule has 1 aromatic rings. The highest BCUT2D eigenvalue weighted by atomic mass is 32.2. The van der Waals surface area contributed by atoms with Gasteiger partial charge in [0.25, 0.3) is 0 Å². The third-order valence-corrected chi connectivity index (χ3v) is 6.94. The summed E-state index contributed by atoms with van der Waals surface area (Å²) in [4.78, 5) is 2.60. The zero-order chi connectivity index (χ0) is 20.8. The molecule has 0 bridgehead atoms. The van der Waals surface area contributed by atoms with Crippen molar-refractivity contribution in [3.63, 3.8) is 0 Å². The van der Waals surface area contributed by atoms with Crippen molar-refractivity contribution in [1.29, 1.82) is 0 Å². The lowest BCUT2D eigenvalue weighted by atomic mass is 10.0. The molecule has 0 spiro atoms. The monoisotopic (exact) mass is 425 g/mol. The summed E-state index contributed by atoms with van der Waals surface area (Å²) in [6.07, 6.45) is 2.34. The van der Waals surface area contributed by atoms with Crippen molar-refractivity contribution in [2.24, 2.45) is 11.7 Å². The number of halogens is 2. The fraction of sp³-hybridized carbons (Fsp3) is 0.636. The van der Waals surface area contributed by atoms with E-state index in [-0.39, 0.29) is 6.04 Å². The minimum Gasteiger partial charge on any atom is -0.378 e.